The second kappa shape index (κ2) is 8.72. The molecule has 0 saturated carbocycles. The second-order valence-electron chi connectivity index (χ2n) is 7.14. The van der Waals surface area contributed by atoms with E-state index in [4.69, 9.17) is 22.1 Å². The number of rotatable bonds is 5. The summed E-state index contributed by atoms with van der Waals surface area (Å²) in [5.41, 5.74) is 6.76. The highest BCUT2D eigenvalue weighted by molar-refractivity contribution is 6.28. The fraction of sp³-hybridized carbons (Fsp3) is 0.350. The van der Waals surface area contributed by atoms with Crippen LogP contribution in [-0.2, 0) is 17.3 Å². The lowest BCUT2D eigenvalue weighted by Gasteiger charge is -2.28. The van der Waals surface area contributed by atoms with Gasteiger partial charge in [0.15, 0.2) is 5.65 Å². The van der Waals surface area contributed by atoms with Crippen LogP contribution >= 0.6 is 11.6 Å². The summed E-state index contributed by atoms with van der Waals surface area (Å²) in [6.45, 7) is 3.11. The topological polar surface area (TPSA) is 89.2 Å². The highest BCUT2D eigenvalue weighted by Crippen LogP contribution is 2.31. The molecule has 2 aromatic heterocycles. The summed E-state index contributed by atoms with van der Waals surface area (Å²) >= 11 is 6.03. The molecule has 3 heterocycles. The van der Waals surface area contributed by atoms with Crippen molar-refractivity contribution < 1.29 is 17.9 Å². The number of pyridine rings is 1. The van der Waals surface area contributed by atoms with Crippen molar-refractivity contribution in [3.05, 3.63) is 46.9 Å². The van der Waals surface area contributed by atoms with Crippen molar-refractivity contribution in [3.8, 4) is 0 Å². The summed E-state index contributed by atoms with van der Waals surface area (Å²) in [6, 6.07) is 5.48. The van der Waals surface area contributed by atoms with Gasteiger partial charge in [0, 0.05) is 25.3 Å². The summed E-state index contributed by atoms with van der Waals surface area (Å²) < 4.78 is 44.5. The predicted molar refractivity (Wildman–Crippen MR) is 113 cm³/mol. The molecule has 0 aliphatic carbocycles. The lowest BCUT2D eigenvalue weighted by atomic mass is 10.1. The minimum atomic E-state index is -4.45. The third-order valence-electron chi connectivity index (χ3n) is 4.93. The maximum atomic E-state index is 13.0. The van der Waals surface area contributed by atoms with Gasteiger partial charge in [0.2, 0.25) is 5.28 Å². The number of hydrogen-bond acceptors (Lipinski definition) is 7. The fourth-order valence-electron chi connectivity index (χ4n) is 3.46. The summed E-state index contributed by atoms with van der Waals surface area (Å²) in [7, 11) is 0. The Morgan fingerprint density at radius 3 is 2.65 bits per heavy atom. The Balaban J connectivity index is 1.54. The average Bonchev–Trinajstić information content (AvgIpc) is 2.73. The molecule has 4 rings (SSSR count). The van der Waals surface area contributed by atoms with Gasteiger partial charge in [-0.3, -0.25) is 0 Å². The van der Waals surface area contributed by atoms with Gasteiger partial charge in [0.05, 0.1) is 36.0 Å². The Hall–Kier alpha value is -2.85. The van der Waals surface area contributed by atoms with Crippen LogP contribution in [0.3, 0.4) is 0 Å². The van der Waals surface area contributed by atoms with E-state index in [0.717, 1.165) is 30.9 Å². The predicted octanol–water partition coefficient (Wildman–Crippen LogP) is 3.77. The molecular formula is C20H20ClF3N6O. The molecule has 0 spiro atoms. The average molecular weight is 453 g/mol. The molecule has 11 heteroatoms. The largest absolute Gasteiger partial charge is 0.416 e. The number of benzene rings is 1. The van der Waals surface area contributed by atoms with E-state index < -0.39 is 11.7 Å². The minimum Gasteiger partial charge on any atom is -0.399 e. The molecule has 0 radical (unpaired) electrons. The Morgan fingerprint density at radius 2 is 1.90 bits per heavy atom. The van der Waals surface area contributed by atoms with Crippen molar-refractivity contribution in [2.45, 2.75) is 12.6 Å². The first-order valence-electron chi connectivity index (χ1n) is 9.66. The van der Waals surface area contributed by atoms with Gasteiger partial charge in [-0.2, -0.15) is 18.2 Å². The summed E-state index contributed by atoms with van der Waals surface area (Å²) in [6.07, 6.45) is -2.41. The van der Waals surface area contributed by atoms with Crippen molar-refractivity contribution in [3.63, 3.8) is 0 Å². The minimum absolute atomic E-state index is 0.0323. The molecule has 0 atom stereocenters. The fourth-order valence-corrected chi connectivity index (χ4v) is 3.62. The number of aromatic nitrogens is 3. The molecule has 0 amide bonds. The number of fused-ring (bicyclic) bond motifs is 1. The smallest absolute Gasteiger partial charge is 0.399 e. The first-order chi connectivity index (χ1) is 14.8. The molecule has 1 fully saturated rings. The molecule has 164 valence electrons. The summed E-state index contributed by atoms with van der Waals surface area (Å²) in [5, 5.41) is 3.85. The maximum Gasteiger partial charge on any atom is 0.416 e. The Morgan fingerprint density at radius 1 is 1.13 bits per heavy atom. The molecule has 1 aliphatic rings. The van der Waals surface area contributed by atoms with Crippen molar-refractivity contribution in [2.75, 3.05) is 48.8 Å². The molecule has 1 saturated heterocycles. The molecular weight excluding hydrogens is 433 g/mol. The molecule has 1 aromatic carbocycles. The quantitative estimate of drug-likeness (QED) is 0.450. The molecule has 3 aromatic rings. The Bertz CT molecular complexity index is 1090. The zero-order valence-electron chi connectivity index (χ0n) is 16.4. The maximum absolute atomic E-state index is 13.0. The Labute approximate surface area is 181 Å². The van der Waals surface area contributed by atoms with Crippen LogP contribution in [0.4, 0.5) is 30.4 Å². The molecule has 31 heavy (non-hydrogen) atoms. The zero-order chi connectivity index (χ0) is 22.0. The molecule has 1 aliphatic heterocycles. The van der Waals surface area contributed by atoms with Gasteiger partial charge >= 0.3 is 6.18 Å². The number of nitrogens with one attached hydrogen (secondary N) is 1. The monoisotopic (exact) mass is 452 g/mol. The third-order valence-corrected chi connectivity index (χ3v) is 5.10. The molecule has 0 bridgehead atoms. The lowest BCUT2D eigenvalue weighted by Crippen LogP contribution is -2.36. The van der Waals surface area contributed by atoms with Gasteiger partial charge in [0.1, 0.15) is 5.82 Å². The summed E-state index contributed by atoms with van der Waals surface area (Å²) in [5.74, 6) is 0.470. The van der Waals surface area contributed by atoms with Crippen molar-refractivity contribution >= 4 is 39.8 Å². The first kappa shape index (κ1) is 21.4. The van der Waals surface area contributed by atoms with E-state index in [9.17, 15) is 13.2 Å². The number of nitrogen functional groups attached to an aromatic ring is 1. The van der Waals surface area contributed by atoms with E-state index in [0.29, 0.717) is 48.6 Å². The normalized spacial score (nSPS) is 14.8. The van der Waals surface area contributed by atoms with Gasteiger partial charge < -0.3 is 20.7 Å². The second-order valence-corrected chi connectivity index (χ2v) is 7.48. The number of nitrogens with two attached hydrogens (primary N) is 1. The van der Waals surface area contributed by atoms with Gasteiger partial charge in [-0.15, -0.1) is 0 Å². The van der Waals surface area contributed by atoms with Crippen LogP contribution in [0.15, 0.2) is 30.5 Å². The molecule has 7 nitrogen and oxygen atoms in total. The number of alkyl halides is 3. The van der Waals surface area contributed by atoms with Crippen LogP contribution in [0.25, 0.3) is 11.0 Å². The van der Waals surface area contributed by atoms with Crippen LogP contribution in [0.1, 0.15) is 11.1 Å². The molecule has 0 unspecified atom stereocenters. The van der Waals surface area contributed by atoms with Gasteiger partial charge in [0.25, 0.3) is 0 Å². The van der Waals surface area contributed by atoms with Gasteiger partial charge in [-0.25, -0.2) is 9.97 Å². The standard InChI is InChI=1S/C20H20ClF3N6O/c21-19-28-17(26-2-1-12-7-13(20(22,23)24)9-14(25)8-12)16-10-15(11-27-18(16)29-19)30-3-5-31-6-4-30/h7-11H,1-6,25H2,(H,26,27,28,29). The van der Waals surface area contributed by atoms with Crippen molar-refractivity contribution in [1.29, 1.82) is 0 Å². The SMILES string of the molecule is Nc1cc(CCNc2nc(Cl)nc3ncc(N4CCOCC4)cc23)cc(C(F)(F)F)c1. The van der Waals surface area contributed by atoms with E-state index in [1.807, 2.05) is 6.07 Å². The zero-order valence-corrected chi connectivity index (χ0v) is 17.2. The van der Waals surface area contributed by atoms with Crippen LogP contribution in [0.2, 0.25) is 5.28 Å². The number of anilines is 3. The van der Waals surface area contributed by atoms with Gasteiger partial charge in [-0.1, -0.05) is 0 Å². The van der Waals surface area contributed by atoms with Gasteiger partial charge in [-0.05, 0) is 47.9 Å². The van der Waals surface area contributed by atoms with Crippen LogP contribution in [-0.4, -0.2) is 47.8 Å². The number of nitrogens with zero attached hydrogens (tertiary/aromatic N) is 4. The number of ether oxygens (including phenoxy) is 1. The van der Waals surface area contributed by atoms with E-state index in [-0.39, 0.29) is 11.0 Å². The van der Waals surface area contributed by atoms with E-state index in [2.05, 4.69) is 25.2 Å². The van der Waals surface area contributed by atoms with E-state index in [1.54, 1.807) is 6.20 Å². The number of morpholine rings is 1. The van der Waals surface area contributed by atoms with Crippen LogP contribution < -0.4 is 16.0 Å². The highest BCUT2D eigenvalue weighted by atomic mass is 35.5. The highest BCUT2D eigenvalue weighted by Gasteiger charge is 2.31. The van der Waals surface area contributed by atoms with E-state index in [1.165, 1.54) is 6.07 Å². The lowest BCUT2D eigenvalue weighted by molar-refractivity contribution is -0.137. The number of hydrogen-bond donors (Lipinski definition) is 2. The van der Waals surface area contributed by atoms with E-state index >= 15 is 0 Å². The Kier molecular flexibility index (Phi) is 6.01. The summed E-state index contributed by atoms with van der Waals surface area (Å²) in [4.78, 5) is 15.0. The van der Waals surface area contributed by atoms with Crippen molar-refractivity contribution in [2.24, 2.45) is 0 Å². The molecule has 3 N–H and O–H groups in total. The number of halogens is 4. The third kappa shape index (κ3) is 5.08. The van der Waals surface area contributed by atoms with Crippen LogP contribution in [0.5, 0.6) is 0 Å². The van der Waals surface area contributed by atoms with Crippen LogP contribution in [0, 0.1) is 0 Å². The van der Waals surface area contributed by atoms with Crippen molar-refractivity contribution in [1.82, 2.24) is 15.0 Å². The first-order valence-corrected chi connectivity index (χ1v) is 10.0.